The number of nitrogens with one attached hydrogen (secondary N) is 1. The molecule has 6 aliphatic rings. The first-order valence-electron chi connectivity index (χ1n) is 15.7. The Hall–Kier alpha value is -0.380. The van der Waals surface area contributed by atoms with Gasteiger partial charge in [-0.2, -0.15) is 0 Å². The van der Waals surface area contributed by atoms with Crippen LogP contribution in [0.3, 0.4) is 0 Å². The van der Waals surface area contributed by atoms with Gasteiger partial charge in [0.25, 0.3) is 0 Å². The van der Waals surface area contributed by atoms with Gasteiger partial charge in [0.2, 0.25) is 0 Å². The Kier molecular flexibility index (Phi) is 7.71. The van der Waals surface area contributed by atoms with Crippen LogP contribution in [0.15, 0.2) is 12.2 Å². The van der Waals surface area contributed by atoms with Crippen LogP contribution < -0.4 is 5.32 Å². The van der Waals surface area contributed by atoms with Crippen molar-refractivity contribution in [3.8, 4) is 0 Å². The summed E-state index contributed by atoms with van der Waals surface area (Å²) in [6, 6.07) is 5.03. The number of hydrogen-bond donors (Lipinski definition) is 1. The van der Waals surface area contributed by atoms with Crippen molar-refractivity contribution in [2.24, 2.45) is 17.8 Å². The molecule has 5 fully saturated rings. The maximum Gasteiger partial charge on any atom is 0.0169 e. The van der Waals surface area contributed by atoms with Crippen LogP contribution in [-0.4, -0.2) is 59.1 Å². The van der Waals surface area contributed by atoms with Crippen molar-refractivity contribution >= 4 is 0 Å². The number of piperidine rings is 3. The molecule has 0 amide bonds. The molecule has 0 spiro atoms. The Morgan fingerprint density at radius 1 is 0.794 bits per heavy atom. The van der Waals surface area contributed by atoms with Crippen molar-refractivity contribution in [1.82, 2.24) is 15.1 Å². The summed E-state index contributed by atoms with van der Waals surface area (Å²) in [4.78, 5) is 5.90. The van der Waals surface area contributed by atoms with Crippen molar-refractivity contribution in [1.29, 1.82) is 0 Å². The molecule has 3 heteroatoms. The largest absolute Gasteiger partial charge is 0.311 e. The zero-order valence-electron chi connectivity index (χ0n) is 22.2. The fourth-order valence-corrected chi connectivity index (χ4v) is 9.62. The molecule has 0 aromatic heterocycles. The molecule has 1 saturated carbocycles. The highest BCUT2D eigenvalue weighted by Gasteiger charge is 2.40. The predicted molar refractivity (Wildman–Crippen MR) is 143 cm³/mol. The molecule has 0 bridgehead atoms. The molecule has 3 nitrogen and oxygen atoms in total. The minimum absolute atomic E-state index is 0.793. The number of hydrogen-bond acceptors (Lipinski definition) is 3. The average Bonchev–Trinajstić information content (AvgIpc) is 3.07. The van der Waals surface area contributed by atoms with Crippen molar-refractivity contribution in [3.05, 3.63) is 12.2 Å². The average molecular weight is 468 g/mol. The van der Waals surface area contributed by atoms with Gasteiger partial charge in [0.1, 0.15) is 0 Å². The van der Waals surface area contributed by atoms with Crippen molar-refractivity contribution in [2.75, 3.05) is 13.1 Å². The van der Waals surface area contributed by atoms with Gasteiger partial charge in [0.15, 0.2) is 0 Å². The van der Waals surface area contributed by atoms with Crippen molar-refractivity contribution < 1.29 is 0 Å². The molecule has 0 aromatic rings. The highest BCUT2D eigenvalue weighted by atomic mass is 15.2. The van der Waals surface area contributed by atoms with Crippen LogP contribution in [-0.2, 0) is 0 Å². The van der Waals surface area contributed by atoms with Gasteiger partial charge in [-0.15, -0.1) is 0 Å². The molecule has 0 aromatic carbocycles. The van der Waals surface area contributed by atoms with Crippen LogP contribution in [0, 0.1) is 17.8 Å². The molecule has 5 heterocycles. The van der Waals surface area contributed by atoms with E-state index in [1.165, 1.54) is 122 Å². The first kappa shape index (κ1) is 24.0. The van der Waals surface area contributed by atoms with Crippen molar-refractivity contribution in [3.63, 3.8) is 0 Å². The lowest BCUT2D eigenvalue weighted by atomic mass is 9.75. The van der Waals surface area contributed by atoms with Crippen LogP contribution in [0.2, 0.25) is 0 Å². The van der Waals surface area contributed by atoms with E-state index >= 15 is 0 Å². The lowest BCUT2D eigenvalue weighted by Crippen LogP contribution is -2.53. The zero-order chi connectivity index (χ0) is 22.9. The maximum atomic E-state index is 4.16. The third-order valence-electron chi connectivity index (χ3n) is 11.4. The van der Waals surface area contributed by atoms with E-state index < -0.39 is 0 Å². The predicted octanol–water partition coefficient (Wildman–Crippen LogP) is 6.53. The number of nitrogens with zero attached hydrogens (tertiary/aromatic N) is 2. The minimum Gasteiger partial charge on any atom is -0.311 e. The van der Waals surface area contributed by atoms with E-state index in [2.05, 4.69) is 34.2 Å². The molecule has 34 heavy (non-hydrogen) atoms. The first-order valence-corrected chi connectivity index (χ1v) is 15.7. The highest BCUT2D eigenvalue weighted by molar-refractivity contribution is 5.06. The molecule has 0 radical (unpaired) electrons. The summed E-state index contributed by atoms with van der Waals surface area (Å²) in [5.74, 6) is 2.77. The summed E-state index contributed by atoms with van der Waals surface area (Å²) in [5.41, 5.74) is 0. The molecule has 4 saturated heterocycles. The van der Waals surface area contributed by atoms with Crippen molar-refractivity contribution in [2.45, 2.75) is 152 Å². The Morgan fingerprint density at radius 2 is 1.71 bits per heavy atom. The van der Waals surface area contributed by atoms with Gasteiger partial charge < -0.3 is 5.32 Å². The van der Waals surface area contributed by atoms with Gasteiger partial charge in [-0.25, -0.2) is 0 Å². The highest BCUT2D eigenvalue weighted by Crippen LogP contribution is 2.40. The van der Waals surface area contributed by atoms with Crippen LogP contribution >= 0.6 is 0 Å². The minimum atomic E-state index is 0.793. The molecule has 1 aliphatic carbocycles. The molecule has 1 N–H and O–H groups in total. The van der Waals surface area contributed by atoms with Gasteiger partial charge in [0, 0.05) is 42.8 Å². The normalized spacial score (nSPS) is 46.2. The summed E-state index contributed by atoms with van der Waals surface area (Å²) in [6.07, 6.45) is 30.1. The van der Waals surface area contributed by atoms with Gasteiger partial charge in [-0.05, 0) is 115 Å². The van der Waals surface area contributed by atoms with Gasteiger partial charge in [-0.3, -0.25) is 9.80 Å². The lowest BCUT2D eigenvalue weighted by molar-refractivity contribution is 0.0320. The Bertz CT molecular complexity index is 690. The SMILES string of the molecule is CC1CCCC2C(CC3CCCC4CC(CC5CCC6CCCCC6N5)CCCN43)C=CCN12. The van der Waals surface area contributed by atoms with Gasteiger partial charge in [0.05, 0.1) is 0 Å². The van der Waals surface area contributed by atoms with E-state index in [1.54, 1.807) is 0 Å². The molecule has 9 atom stereocenters. The van der Waals surface area contributed by atoms with E-state index in [0.29, 0.717) is 0 Å². The smallest absolute Gasteiger partial charge is 0.0169 e. The molecule has 9 unspecified atom stereocenters. The third-order valence-corrected chi connectivity index (χ3v) is 11.4. The zero-order valence-corrected chi connectivity index (χ0v) is 22.2. The van der Waals surface area contributed by atoms with Gasteiger partial charge >= 0.3 is 0 Å². The molecular formula is C31H53N3. The van der Waals surface area contributed by atoms with Gasteiger partial charge in [-0.1, -0.05) is 37.8 Å². The Balaban J connectivity index is 1.06. The van der Waals surface area contributed by atoms with E-state index in [1.807, 2.05) is 0 Å². The summed E-state index contributed by atoms with van der Waals surface area (Å²) >= 11 is 0. The topological polar surface area (TPSA) is 18.5 Å². The first-order chi connectivity index (χ1) is 16.7. The number of fused-ring (bicyclic) bond motifs is 3. The third kappa shape index (κ3) is 5.18. The summed E-state index contributed by atoms with van der Waals surface area (Å²) < 4.78 is 0. The van der Waals surface area contributed by atoms with E-state index in [9.17, 15) is 0 Å². The van der Waals surface area contributed by atoms with Crippen LogP contribution in [0.25, 0.3) is 0 Å². The number of rotatable bonds is 4. The second kappa shape index (κ2) is 10.9. The summed E-state index contributed by atoms with van der Waals surface area (Å²) in [7, 11) is 0. The standard InChI is InChI=1S/C31H53N3/c1-23-8-4-15-31-26(11-7-18-33(23)31)22-29-13-5-12-28-21-24(9-6-19-34(28)29)20-27-17-16-25-10-2-3-14-30(25)32-27/h7,11,23-32H,2-6,8-10,12-22H2,1H3. The van der Waals surface area contributed by atoms with E-state index in [0.717, 1.165) is 54.0 Å². The molecule has 6 rings (SSSR count). The van der Waals surface area contributed by atoms with Crippen LogP contribution in [0.5, 0.6) is 0 Å². The second-order valence-corrected chi connectivity index (χ2v) is 13.4. The second-order valence-electron chi connectivity index (χ2n) is 13.4. The fraction of sp³-hybridized carbons (Fsp3) is 0.935. The molecule has 192 valence electrons. The quantitative estimate of drug-likeness (QED) is 0.474. The Morgan fingerprint density at radius 3 is 2.68 bits per heavy atom. The molecule has 5 aliphatic heterocycles. The van der Waals surface area contributed by atoms with E-state index in [-0.39, 0.29) is 0 Å². The van der Waals surface area contributed by atoms with Crippen LogP contribution in [0.4, 0.5) is 0 Å². The lowest BCUT2D eigenvalue weighted by Gasteiger charge is -2.48. The summed E-state index contributed by atoms with van der Waals surface area (Å²) in [6.45, 7) is 5.07. The monoisotopic (exact) mass is 467 g/mol. The fourth-order valence-electron chi connectivity index (χ4n) is 9.62. The van der Waals surface area contributed by atoms with Crippen LogP contribution in [0.1, 0.15) is 116 Å². The summed E-state index contributed by atoms with van der Waals surface area (Å²) in [5, 5.41) is 4.16. The van der Waals surface area contributed by atoms with E-state index in [4.69, 9.17) is 0 Å². The Labute approximate surface area is 210 Å². The molecular weight excluding hydrogens is 414 g/mol. The maximum absolute atomic E-state index is 4.16.